The van der Waals surface area contributed by atoms with Crippen molar-refractivity contribution in [3.05, 3.63) is 25.3 Å². The number of nitrogens with one attached hydrogen (secondary N) is 1. The monoisotopic (exact) mass is 321 g/mol. The molecule has 1 unspecified atom stereocenters. The van der Waals surface area contributed by atoms with Crippen molar-refractivity contribution in [2.75, 3.05) is 12.3 Å². The Morgan fingerprint density at radius 2 is 2.17 bits per heavy atom. The lowest BCUT2D eigenvalue weighted by Gasteiger charge is -2.17. The van der Waals surface area contributed by atoms with Crippen LogP contribution in [0.25, 0.3) is 11.2 Å². The molecule has 1 fully saturated rings. The molecule has 2 aromatic heterocycles. The summed E-state index contributed by atoms with van der Waals surface area (Å²) in [5, 5.41) is 23.4. The Morgan fingerprint density at radius 1 is 1.39 bits per heavy atom. The van der Waals surface area contributed by atoms with Gasteiger partial charge < -0.3 is 26.4 Å². The minimum absolute atomic E-state index is 0.233. The fourth-order valence-electron chi connectivity index (χ4n) is 2.52. The van der Waals surface area contributed by atoms with Crippen LogP contribution in [0, 0.1) is 0 Å². The van der Waals surface area contributed by atoms with Crippen LogP contribution >= 0.6 is 0 Å². The smallest absolute Gasteiger partial charge is 0.167 e. The number of aliphatic hydroxyl groups excluding tert-OH is 2. The Kier molecular flexibility index (Phi) is 4.24. The average Bonchev–Trinajstić information content (AvgIpc) is 3.09. The number of imidazole rings is 1. The van der Waals surface area contributed by atoms with Crippen LogP contribution in [0.1, 0.15) is 6.23 Å². The molecule has 10 heteroatoms. The second kappa shape index (κ2) is 6.18. The number of nitrogens with two attached hydrogens (primary N) is 2. The Labute approximate surface area is 131 Å². The Hall–Kier alpha value is -2.11. The normalized spacial score (nSPS) is 29.0. The highest BCUT2D eigenvalue weighted by Crippen LogP contribution is 2.31. The van der Waals surface area contributed by atoms with Crippen molar-refractivity contribution in [2.24, 2.45) is 5.73 Å². The summed E-state index contributed by atoms with van der Waals surface area (Å²) in [5.41, 5.74) is 12.2. The maximum absolute atomic E-state index is 10.3. The molecule has 23 heavy (non-hydrogen) atoms. The van der Waals surface area contributed by atoms with E-state index >= 15 is 0 Å². The van der Waals surface area contributed by atoms with Crippen LogP contribution in [-0.2, 0) is 4.74 Å². The fraction of sp³-hybridized carbons (Fsp3) is 0.462. The van der Waals surface area contributed by atoms with Gasteiger partial charge in [0, 0.05) is 6.54 Å². The molecule has 0 amide bonds. The van der Waals surface area contributed by atoms with Gasteiger partial charge in [-0.25, -0.2) is 15.0 Å². The molecule has 3 rings (SSSR count). The van der Waals surface area contributed by atoms with Gasteiger partial charge in [-0.3, -0.25) is 9.88 Å². The number of aliphatic hydroxyl groups is 2. The van der Waals surface area contributed by atoms with Gasteiger partial charge >= 0.3 is 0 Å². The molecule has 0 spiro atoms. The number of aromatic nitrogens is 4. The molecule has 0 aromatic carbocycles. The van der Waals surface area contributed by atoms with Crippen molar-refractivity contribution in [1.29, 1.82) is 0 Å². The first-order valence-corrected chi connectivity index (χ1v) is 7.09. The predicted octanol–water partition coefficient (Wildman–Crippen LogP) is -1.91. The van der Waals surface area contributed by atoms with E-state index in [9.17, 15) is 10.2 Å². The van der Waals surface area contributed by atoms with Crippen LogP contribution in [0.5, 0.6) is 0 Å². The van der Waals surface area contributed by atoms with Crippen LogP contribution < -0.4 is 16.8 Å². The number of fused-ring (bicyclic) bond motifs is 1. The standard InChI is InChI=1S/C13H19N7O3/c1-2-7(14)16-3-6-9(21)10(22)13(23-6)20-5-19-8-11(15)17-4-18-12(8)20/h2,4-7,9-10,13,16,21-22H,1,3,14H2,(H2,15,17,18)/t6-,7?,9-,10-,13-/m1/s1. The first kappa shape index (κ1) is 15.8. The first-order chi connectivity index (χ1) is 11.0. The minimum Gasteiger partial charge on any atom is -0.387 e. The zero-order valence-corrected chi connectivity index (χ0v) is 12.3. The lowest BCUT2D eigenvalue weighted by atomic mass is 10.1. The third-order valence-corrected chi connectivity index (χ3v) is 3.81. The SMILES string of the molecule is C=CC(N)NC[C@H]1O[C@@H](n2cnc3c(N)ncnc32)[C@H](O)[C@@H]1O. The maximum atomic E-state index is 10.3. The van der Waals surface area contributed by atoms with E-state index in [1.807, 2.05) is 0 Å². The van der Waals surface area contributed by atoms with Crippen LogP contribution in [-0.4, -0.2) is 60.8 Å². The molecule has 0 radical (unpaired) electrons. The van der Waals surface area contributed by atoms with Gasteiger partial charge in [0.05, 0.1) is 12.5 Å². The number of hydrogen-bond donors (Lipinski definition) is 5. The van der Waals surface area contributed by atoms with Crippen molar-refractivity contribution >= 4 is 17.0 Å². The number of ether oxygens (including phenoxy) is 1. The van der Waals surface area contributed by atoms with Crippen LogP contribution in [0.15, 0.2) is 25.3 Å². The van der Waals surface area contributed by atoms with E-state index in [4.69, 9.17) is 16.2 Å². The van der Waals surface area contributed by atoms with Gasteiger partial charge in [0.2, 0.25) is 0 Å². The van der Waals surface area contributed by atoms with Gasteiger partial charge in [-0.2, -0.15) is 0 Å². The summed E-state index contributed by atoms with van der Waals surface area (Å²) in [6.45, 7) is 3.81. The Balaban J connectivity index is 1.82. The summed E-state index contributed by atoms with van der Waals surface area (Å²) in [7, 11) is 0. The second-order valence-electron chi connectivity index (χ2n) is 5.30. The van der Waals surface area contributed by atoms with Gasteiger partial charge in [0.15, 0.2) is 17.7 Å². The lowest BCUT2D eigenvalue weighted by Crippen LogP contribution is -2.44. The van der Waals surface area contributed by atoms with E-state index in [1.165, 1.54) is 23.3 Å². The maximum Gasteiger partial charge on any atom is 0.167 e. The fourth-order valence-corrected chi connectivity index (χ4v) is 2.52. The molecule has 124 valence electrons. The van der Waals surface area contributed by atoms with Gasteiger partial charge in [0.1, 0.15) is 30.2 Å². The second-order valence-corrected chi connectivity index (χ2v) is 5.30. The average molecular weight is 321 g/mol. The largest absolute Gasteiger partial charge is 0.387 e. The number of hydrogen-bond acceptors (Lipinski definition) is 9. The molecule has 2 aromatic rings. The first-order valence-electron chi connectivity index (χ1n) is 7.09. The highest BCUT2D eigenvalue weighted by atomic mass is 16.6. The summed E-state index contributed by atoms with van der Waals surface area (Å²) in [6, 6.07) is 0. The molecule has 1 aliphatic heterocycles. The number of nitrogen functional groups attached to an aromatic ring is 1. The Bertz CT molecular complexity index is 706. The van der Waals surface area contributed by atoms with Gasteiger partial charge in [-0.05, 0) is 0 Å². The van der Waals surface area contributed by atoms with E-state index < -0.39 is 30.7 Å². The van der Waals surface area contributed by atoms with E-state index in [0.717, 1.165) is 0 Å². The van der Waals surface area contributed by atoms with Crippen molar-refractivity contribution in [3.8, 4) is 0 Å². The van der Waals surface area contributed by atoms with Crippen molar-refractivity contribution < 1.29 is 14.9 Å². The van der Waals surface area contributed by atoms with Gasteiger partial charge in [-0.15, -0.1) is 6.58 Å². The van der Waals surface area contributed by atoms with Crippen LogP contribution in [0.3, 0.4) is 0 Å². The summed E-state index contributed by atoms with van der Waals surface area (Å²) in [5.74, 6) is 0.233. The quantitative estimate of drug-likeness (QED) is 0.313. The third kappa shape index (κ3) is 2.78. The lowest BCUT2D eigenvalue weighted by molar-refractivity contribution is -0.0344. The summed E-state index contributed by atoms with van der Waals surface area (Å²) in [6.07, 6.45) is 0.143. The number of nitrogens with zero attached hydrogens (tertiary/aromatic N) is 4. The summed E-state index contributed by atoms with van der Waals surface area (Å²) < 4.78 is 7.27. The molecular weight excluding hydrogens is 302 g/mol. The van der Waals surface area contributed by atoms with E-state index in [0.29, 0.717) is 11.2 Å². The summed E-state index contributed by atoms with van der Waals surface area (Å²) >= 11 is 0. The molecule has 3 heterocycles. The van der Waals surface area contributed by atoms with Crippen molar-refractivity contribution in [3.63, 3.8) is 0 Å². The van der Waals surface area contributed by atoms with E-state index in [2.05, 4.69) is 26.8 Å². The molecule has 5 atom stereocenters. The molecule has 1 saturated heterocycles. The molecule has 1 aliphatic rings. The topological polar surface area (TPSA) is 157 Å². The van der Waals surface area contributed by atoms with Crippen LogP contribution in [0.2, 0.25) is 0 Å². The zero-order valence-electron chi connectivity index (χ0n) is 12.3. The molecule has 10 nitrogen and oxygen atoms in total. The van der Waals surface area contributed by atoms with E-state index in [1.54, 1.807) is 0 Å². The predicted molar refractivity (Wildman–Crippen MR) is 81.8 cm³/mol. The molecule has 0 saturated carbocycles. The molecule has 0 bridgehead atoms. The molecular formula is C13H19N7O3. The summed E-state index contributed by atoms with van der Waals surface area (Å²) in [4.78, 5) is 12.1. The third-order valence-electron chi connectivity index (χ3n) is 3.81. The number of anilines is 1. The van der Waals surface area contributed by atoms with Crippen molar-refractivity contribution in [1.82, 2.24) is 24.8 Å². The highest BCUT2D eigenvalue weighted by Gasteiger charge is 2.44. The van der Waals surface area contributed by atoms with E-state index in [-0.39, 0.29) is 12.4 Å². The Morgan fingerprint density at radius 3 is 2.91 bits per heavy atom. The minimum atomic E-state index is -1.14. The number of rotatable bonds is 5. The molecule has 0 aliphatic carbocycles. The zero-order chi connectivity index (χ0) is 16.6. The molecule has 7 N–H and O–H groups in total. The van der Waals surface area contributed by atoms with Gasteiger partial charge in [0.25, 0.3) is 0 Å². The van der Waals surface area contributed by atoms with Crippen molar-refractivity contribution in [2.45, 2.75) is 30.7 Å². The van der Waals surface area contributed by atoms with Gasteiger partial charge in [-0.1, -0.05) is 6.08 Å². The highest BCUT2D eigenvalue weighted by molar-refractivity contribution is 5.81. The van der Waals surface area contributed by atoms with Crippen LogP contribution in [0.4, 0.5) is 5.82 Å².